The minimum absolute atomic E-state index is 0.186. The van der Waals surface area contributed by atoms with Crippen LogP contribution in [0.1, 0.15) is 31.2 Å². The van der Waals surface area contributed by atoms with Crippen molar-refractivity contribution < 1.29 is 9.84 Å². The number of rotatable bonds is 6. The van der Waals surface area contributed by atoms with Crippen molar-refractivity contribution in [2.75, 3.05) is 19.7 Å². The fourth-order valence-electron chi connectivity index (χ4n) is 2.51. The molecule has 4 nitrogen and oxygen atoms in total. The second-order valence-corrected chi connectivity index (χ2v) is 5.29. The highest BCUT2D eigenvalue weighted by Crippen LogP contribution is 2.18. The summed E-state index contributed by atoms with van der Waals surface area (Å²) in [5, 5.41) is 18.2. The number of nitrogens with zero attached hydrogens (tertiary/aromatic N) is 2. The smallest absolute Gasteiger partial charge is 0.119 e. The Labute approximate surface area is 120 Å². The Kier molecular flexibility index (Phi) is 5.85. The Morgan fingerprint density at radius 3 is 3.15 bits per heavy atom. The number of hydrogen-bond donors (Lipinski definition) is 1. The summed E-state index contributed by atoms with van der Waals surface area (Å²) in [7, 11) is 0. The number of nitriles is 1. The van der Waals surface area contributed by atoms with E-state index in [1.165, 1.54) is 5.56 Å². The van der Waals surface area contributed by atoms with Gasteiger partial charge in [-0.1, -0.05) is 12.1 Å². The van der Waals surface area contributed by atoms with Gasteiger partial charge in [-0.15, -0.1) is 0 Å². The fraction of sp³-hybridized carbons (Fsp3) is 0.562. The topological polar surface area (TPSA) is 56.5 Å². The molecular weight excluding hydrogens is 252 g/mol. The van der Waals surface area contributed by atoms with E-state index in [-0.39, 0.29) is 6.10 Å². The molecule has 1 aliphatic heterocycles. The van der Waals surface area contributed by atoms with Crippen molar-refractivity contribution in [3.05, 3.63) is 29.8 Å². The van der Waals surface area contributed by atoms with E-state index in [1.807, 2.05) is 18.2 Å². The predicted octanol–water partition coefficient (Wildman–Crippen LogP) is 2.33. The van der Waals surface area contributed by atoms with Gasteiger partial charge in [0.1, 0.15) is 5.75 Å². The summed E-state index contributed by atoms with van der Waals surface area (Å²) >= 11 is 0. The maximum absolute atomic E-state index is 9.69. The lowest BCUT2D eigenvalue weighted by atomic mass is 10.1. The third-order valence-electron chi connectivity index (χ3n) is 3.49. The number of likely N-dealkylation sites (tertiary alicyclic amines) is 1. The molecule has 0 saturated carbocycles. The zero-order valence-electron chi connectivity index (χ0n) is 11.8. The molecule has 1 aliphatic rings. The van der Waals surface area contributed by atoms with Crippen molar-refractivity contribution in [2.24, 2.45) is 0 Å². The average molecular weight is 274 g/mol. The van der Waals surface area contributed by atoms with Gasteiger partial charge >= 0.3 is 0 Å². The molecule has 0 aliphatic carbocycles. The van der Waals surface area contributed by atoms with Crippen LogP contribution in [0.25, 0.3) is 0 Å². The molecule has 1 N–H and O–H groups in total. The van der Waals surface area contributed by atoms with Crippen molar-refractivity contribution in [3.63, 3.8) is 0 Å². The van der Waals surface area contributed by atoms with E-state index in [4.69, 9.17) is 10.00 Å². The third kappa shape index (κ3) is 4.84. The highest BCUT2D eigenvalue weighted by atomic mass is 16.5. The van der Waals surface area contributed by atoms with Gasteiger partial charge in [-0.2, -0.15) is 5.26 Å². The Morgan fingerprint density at radius 1 is 1.45 bits per heavy atom. The number of ether oxygens (including phenoxy) is 1. The van der Waals surface area contributed by atoms with Crippen LogP contribution in [-0.4, -0.2) is 35.8 Å². The van der Waals surface area contributed by atoms with Gasteiger partial charge in [0.15, 0.2) is 0 Å². The van der Waals surface area contributed by atoms with E-state index >= 15 is 0 Å². The van der Waals surface area contributed by atoms with E-state index in [2.05, 4.69) is 17.0 Å². The summed E-state index contributed by atoms with van der Waals surface area (Å²) in [5.74, 6) is 0.859. The van der Waals surface area contributed by atoms with Gasteiger partial charge in [0.05, 0.1) is 18.8 Å². The second-order valence-electron chi connectivity index (χ2n) is 5.29. The standard InChI is InChI=1S/C16H22N2O2/c17-8-1-2-10-20-16-7-3-5-14(11-16)12-18-9-4-6-15(19)13-18/h3,5,7,11,15,19H,1-2,4,6,9-10,12-13H2. The highest BCUT2D eigenvalue weighted by molar-refractivity contribution is 5.28. The molecule has 20 heavy (non-hydrogen) atoms. The summed E-state index contributed by atoms with van der Waals surface area (Å²) < 4.78 is 5.64. The van der Waals surface area contributed by atoms with E-state index in [0.29, 0.717) is 13.0 Å². The number of β-amino-alcohol motifs (C(OH)–C–C–N with tert-alkyl or cyclic N) is 1. The van der Waals surface area contributed by atoms with Gasteiger partial charge < -0.3 is 9.84 Å². The third-order valence-corrected chi connectivity index (χ3v) is 3.49. The van der Waals surface area contributed by atoms with E-state index in [1.54, 1.807) is 0 Å². The molecule has 2 rings (SSSR count). The van der Waals surface area contributed by atoms with Crippen molar-refractivity contribution in [2.45, 2.75) is 38.3 Å². The van der Waals surface area contributed by atoms with Crippen LogP contribution in [0.2, 0.25) is 0 Å². The van der Waals surface area contributed by atoms with Crippen molar-refractivity contribution >= 4 is 0 Å². The van der Waals surface area contributed by atoms with Crippen LogP contribution >= 0.6 is 0 Å². The minimum atomic E-state index is -0.186. The van der Waals surface area contributed by atoms with Crippen molar-refractivity contribution in [3.8, 4) is 11.8 Å². The first kappa shape index (κ1) is 14.8. The Balaban J connectivity index is 1.84. The van der Waals surface area contributed by atoms with Crippen LogP contribution in [-0.2, 0) is 6.54 Å². The monoisotopic (exact) mass is 274 g/mol. The molecule has 0 aromatic heterocycles. The average Bonchev–Trinajstić information content (AvgIpc) is 2.44. The van der Waals surface area contributed by atoms with Crippen LogP contribution < -0.4 is 4.74 Å². The summed E-state index contributed by atoms with van der Waals surface area (Å²) in [5.41, 5.74) is 1.21. The molecule has 0 bridgehead atoms. The molecule has 1 aromatic carbocycles. The number of aliphatic hydroxyl groups excluding tert-OH is 1. The lowest BCUT2D eigenvalue weighted by molar-refractivity contribution is 0.0668. The van der Waals surface area contributed by atoms with Gasteiger partial charge in [-0.05, 0) is 43.5 Å². The first-order valence-corrected chi connectivity index (χ1v) is 7.27. The maximum atomic E-state index is 9.69. The Morgan fingerprint density at radius 2 is 2.35 bits per heavy atom. The summed E-state index contributed by atoms with van der Waals surface area (Å²) in [6.07, 6.45) is 3.09. The summed E-state index contributed by atoms with van der Waals surface area (Å²) in [6.45, 7) is 3.24. The molecule has 1 aromatic rings. The number of benzene rings is 1. The largest absolute Gasteiger partial charge is 0.494 e. The molecule has 0 spiro atoms. The number of unbranched alkanes of at least 4 members (excludes halogenated alkanes) is 1. The van der Waals surface area contributed by atoms with Crippen molar-refractivity contribution in [1.29, 1.82) is 5.26 Å². The lowest BCUT2D eigenvalue weighted by Gasteiger charge is -2.30. The van der Waals surface area contributed by atoms with Gasteiger partial charge in [-0.25, -0.2) is 0 Å². The van der Waals surface area contributed by atoms with E-state index < -0.39 is 0 Å². The molecular formula is C16H22N2O2. The second kappa shape index (κ2) is 7.88. The molecule has 1 heterocycles. The number of aliphatic hydroxyl groups is 1. The normalized spacial score (nSPS) is 19.5. The van der Waals surface area contributed by atoms with Crippen LogP contribution in [0.5, 0.6) is 5.75 Å². The molecule has 1 unspecified atom stereocenters. The first-order valence-electron chi connectivity index (χ1n) is 7.27. The molecule has 4 heteroatoms. The number of piperidine rings is 1. The zero-order chi connectivity index (χ0) is 14.2. The number of hydrogen-bond acceptors (Lipinski definition) is 4. The SMILES string of the molecule is N#CCCCOc1cccc(CN2CCCC(O)C2)c1. The Hall–Kier alpha value is -1.57. The first-order chi connectivity index (χ1) is 9.78. The summed E-state index contributed by atoms with van der Waals surface area (Å²) in [6, 6.07) is 10.2. The maximum Gasteiger partial charge on any atom is 0.119 e. The quantitative estimate of drug-likeness (QED) is 0.809. The Bertz CT molecular complexity index is 456. The lowest BCUT2D eigenvalue weighted by Crippen LogP contribution is -2.37. The van der Waals surface area contributed by atoms with E-state index in [0.717, 1.165) is 44.6 Å². The van der Waals surface area contributed by atoms with Gasteiger partial charge in [0, 0.05) is 19.5 Å². The molecule has 1 fully saturated rings. The molecule has 1 saturated heterocycles. The zero-order valence-corrected chi connectivity index (χ0v) is 11.8. The molecule has 0 amide bonds. The highest BCUT2D eigenvalue weighted by Gasteiger charge is 2.17. The minimum Gasteiger partial charge on any atom is -0.494 e. The predicted molar refractivity (Wildman–Crippen MR) is 77.3 cm³/mol. The molecule has 1 atom stereocenters. The van der Waals surface area contributed by atoms with Crippen LogP contribution in [0.4, 0.5) is 0 Å². The molecule has 0 radical (unpaired) electrons. The van der Waals surface area contributed by atoms with Crippen molar-refractivity contribution in [1.82, 2.24) is 4.90 Å². The van der Waals surface area contributed by atoms with E-state index in [9.17, 15) is 5.11 Å². The molecule has 108 valence electrons. The fourth-order valence-corrected chi connectivity index (χ4v) is 2.51. The van der Waals surface area contributed by atoms with Crippen LogP contribution in [0, 0.1) is 11.3 Å². The van der Waals surface area contributed by atoms with Gasteiger partial charge in [0.25, 0.3) is 0 Å². The summed E-state index contributed by atoms with van der Waals surface area (Å²) in [4.78, 5) is 2.28. The van der Waals surface area contributed by atoms with Crippen LogP contribution in [0.3, 0.4) is 0 Å². The van der Waals surface area contributed by atoms with Crippen LogP contribution in [0.15, 0.2) is 24.3 Å². The van der Waals surface area contributed by atoms with Gasteiger partial charge in [-0.3, -0.25) is 4.90 Å². The van der Waals surface area contributed by atoms with Gasteiger partial charge in [0.2, 0.25) is 0 Å².